The summed E-state index contributed by atoms with van der Waals surface area (Å²) in [6.45, 7) is 3.38. The molecule has 0 aromatic carbocycles. The summed E-state index contributed by atoms with van der Waals surface area (Å²) >= 11 is 1.60. The fraction of sp³-hybridized carbons (Fsp3) is 0.455. The lowest BCUT2D eigenvalue weighted by molar-refractivity contribution is 0.934. The maximum atomic E-state index is 4.34. The van der Waals surface area contributed by atoms with Gasteiger partial charge in [0.2, 0.25) is 17.8 Å². The van der Waals surface area contributed by atoms with Gasteiger partial charge in [-0.1, -0.05) is 0 Å². The topological polar surface area (TPSA) is 78.9 Å². The molecular formula is C11H17N7S. The Morgan fingerprint density at radius 1 is 1.16 bits per heavy atom. The monoisotopic (exact) mass is 279 g/mol. The molecule has 0 aliphatic rings. The van der Waals surface area contributed by atoms with Crippen LogP contribution in [0.15, 0.2) is 11.6 Å². The molecule has 19 heavy (non-hydrogen) atoms. The van der Waals surface area contributed by atoms with Gasteiger partial charge in [0.15, 0.2) is 0 Å². The normalized spacial score (nSPS) is 10.3. The Labute approximate surface area is 116 Å². The van der Waals surface area contributed by atoms with E-state index in [1.807, 2.05) is 31.3 Å². The van der Waals surface area contributed by atoms with Crippen LogP contribution in [0.1, 0.15) is 11.9 Å². The molecule has 0 amide bonds. The second kappa shape index (κ2) is 6.28. The number of aromatic nitrogens is 4. The summed E-state index contributed by atoms with van der Waals surface area (Å²) in [4.78, 5) is 19.0. The van der Waals surface area contributed by atoms with Gasteiger partial charge in [-0.3, -0.25) is 0 Å². The lowest BCUT2D eigenvalue weighted by Crippen LogP contribution is -2.17. The van der Waals surface area contributed by atoms with E-state index in [4.69, 9.17) is 0 Å². The van der Waals surface area contributed by atoms with Crippen LogP contribution in [0, 0.1) is 0 Å². The Hall–Kier alpha value is -1.96. The number of nitrogens with one attached hydrogen (secondary N) is 2. The van der Waals surface area contributed by atoms with Crippen LogP contribution in [0.4, 0.5) is 17.8 Å². The van der Waals surface area contributed by atoms with Crippen molar-refractivity contribution < 1.29 is 0 Å². The maximum Gasteiger partial charge on any atom is 0.231 e. The van der Waals surface area contributed by atoms with Crippen LogP contribution in [-0.2, 0) is 6.54 Å². The molecule has 102 valence electrons. The second-order valence-corrected chi connectivity index (χ2v) is 4.97. The summed E-state index contributed by atoms with van der Waals surface area (Å²) in [5, 5.41) is 9.20. The van der Waals surface area contributed by atoms with Gasteiger partial charge in [-0.25, -0.2) is 4.98 Å². The van der Waals surface area contributed by atoms with Crippen molar-refractivity contribution in [1.82, 2.24) is 19.9 Å². The highest BCUT2D eigenvalue weighted by molar-refractivity contribution is 7.09. The van der Waals surface area contributed by atoms with Crippen molar-refractivity contribution in [2.45, 2.75) is 13.5 Å². The third kappa shape index (κ3) is 3.75. The van der Waals surface area contributed by atoms with Crippen molar-refractivity contribution >= 4 is 29.2 Å². The molecule has 2 rings (SSSR count). The van der Waals surface area contributed by atoms with E-state index in [0.29, 0.717) is 24.4 Å². The standard InChI is InChI=1S/C11H17N7S/c1-4-12-9-15-10(17-11(16-9)18(2)3)14-7-8-13-5-6-19-8/h5-6H,4,7H2,1-3H3,(H2,12,14,15,16,17). The molecule has 0 bridgehead atoms. The van der Waals surface area contributed by atoms with Crippen molar-refractivity contribution in [3.63, 3.8) is 0 Å². The summed E-state index contributed by atoms with van der Waals surface area (Å²) in [5.41, 5.74) is 0. The van der Waals surface area contributed by atoms with E-state index in [2.05, 4.69) is 30.6 Å². The van der Waals surface area contributed by atoms with Crippen LogP contribution in [0.3, 0.4) is 0 Å². The smallest absolute Gasteiger partial charge is 0.231 e. The van der Waals surface area contributed by atoms with Crippen LogP contribution in [0.25, 0.3) is 0 Å². The van der Waals surface area contributed by atoms with Crippen LogP contribution in [0.5, 0.6) is 0 Å². The first-order valence-electron chi connectivity index (χ1n) is 5.98. The van der Waals surface area contributed by atoms with E-state index in [1.54, 1.807) is 17.5 Å². The fourth-order valence-electron chi connectivity index (χ4n) is 1.38. The number of anilines is 3. The highest BCUT2D eigenvalue weighted by Crippen LogP contribution is 2.13. The predicted molar refractivity (Wildman–Crippen MR) is 77.8 cm³/mol. The van der Waals surface area contributed by atoms with E-state index in [9.17, 15) is 0 Å². The van der Waals surface area contributed by atoms with Gasteiger partial charge in [0.1, 0.15) is 5.01 Å². The minimum Gasteiger partial charge on any atom is -0.354 e. The van der Waals surface area contributed by atoms with Crippen molar-refractivity contribution in [3.8, 4) is 0 Å². The Morgan fingerprint density at radius 3 is 2.47 bits per heavy atom. The highest BCUT2D eigenvalue weighted by Gasteiger charge is 2.07. The summed E-state index contributed by atoms with van der Waals surface area (Å²) in [6, 6.07) is 0. The predicted octanol–water partition coefficient (Wildman–Crippen LogP) is 1.44. The molecule has 2 aromatic heterocycles. The zero-order valence-electron chi connectivity index (χ0n) is 11.2. The number of rotatable bonds is 6. The molecule has 0 fully saturated rings. The quantitative estimate of drug-likeness (QED) is 0.828. The lowest BCUT2D eigenvalue weighted by Gasteiger charge is -2.13. The Morgan fingerprint density at radius 2 is 1.89 bits per heavy atom. The molecule has 7 nitrogen and oxygen atoms in total. The largest absolute Gasteiger partial charge is 0.354 e. The first-order chi connectivity index (χ1) is 9.19. The third-order valence-corrected chi connectivity index (χ3v) is 3.02. The SMILES string of the molecule is CCNc1nc(NCc2nccs2)nc(N(C)C)n1. The number of hydrogen-bond acceptors (Lipinski definition) is 8. The number of hydrogen-bond donors (Lipinski definition) is 2. The molecule has 0 spiro atoms. The van der Waals surface area contributed by atoms with Gasteiger partial charge in [0.05, 0.1) is 6.54 Å². The molecule has 2 heterocycles. The van der Waals surface area contributed by atoms with Crippen LogP contribution in [-0.4, -0.2) is 40.6 Å². The van der Waals surface area contributed by atoms with Crippen LogP contribution >= 0.6 is 11.3 Å². The van der Waals surface area contributed by atoms with E-state index in [1.165, 1.54) is 0 Å². The molecule has 0 atom stereocenters. The summed E-state index contributed by atoms with van der Waals surface area (Å²) < 4.78 is 0. The number of nitrogens with zero attached hydrogens (tertiary/aromatic N) is 5. The molecule has 2 N–H and O–H groups in total. The van der Waals surface area contributed by atoms with Crippen LogP contribution < -0.4 is 15.5 Å². The first-order valence-corrected chi connectivity index (χ1v) is 6.86. The van der Waals surface area contributed by atoms with Crippen molar-refractivity contribution in [3.05, 3.63) is 16.6 Å². The molecule has 0 saturated carbocycles. The molecule has 0 aliphatic carbocycles. The van der Waals surface area contributed by atoms with Gasteiger partial charge in [0, 0.05) is 32.2 Å². The average molecular weight is 279 g/mol. The average Bonchev–Trinajstić information content (AvgIpc) is 2.89. The van der Waals surface area contributed by atoms with E-state index >= 15 is 0 Å². The summed E-state index contributed by atoms with van der Waals surface area (Å²) in [6.07, 6.45) is 1.78. The lowest BCUT2D eigenvalue weighted by atomic mass is 10.6. The van der Waals surface area contributed by atoms with Gasteiger partial charge in [0.25, 0.3) is 0 Å². The summed E-state index contributed by atoms with van der Waals surface area (Å²) in [5.74, 6) is 1.74. The zero-order chi connectivity index (χ0) is 13.7. The van der Waals surface area contributed by atoms with Crippen molar-refractivity contribution in [2.24, 2.45) is 0 Å². The molecule has 0 aliphatic heterocycles. The minimum atomic E-state index is 0.546. The van der Waals surface area contributed by atoms with Crippen molar-refractivity contribution in [1.29, 1.82) is 0 Å². The van der Waals surface area contributed by atoms with Gasteiger partial charge in [-0.05, 0) is 6.92 Å². The Kier molecular flexibility index (Phi) is 4.45. The summed E-state index contributed by atoms with van der Waals surface area (Å²) in [7, 11) is 3.80. The molecular weight excluding hydrogens is 262 g/mol. The van der Waals surface area contributed by atoms with Crippen molar-refractivity contribution in [2.75, 3.05) is 36.2 Å². The van der Waals surface area contributed by atoms with E-state index in [0.717, 1.165) is 11.6 Å². The highest BCUT2D eigenvalue weighted by atomic mass is 32.1. The van der Waals surface area contributed by atoms with E-state index < -0.39 is 0 Å². The van der Waals surface area contributed by atoms with Gasteiger partial charge in [-0.2, -0.15) is 15.0 Å². The molecule has 0 saturated heterocycles. The van der Waals surface area contributed by atoms with Gasteiger partial charge < -0.3 is 15.5 Å². The minimum absolute atomic E-state index is 0.546. The fourth-order valence-corrected chi connectivity index (χ4v) is 1.93. The zero-order valence-corrected chi connectivity index (χ0v) is 12.0. The van der Waals surface area contributed by atoms with E-state index in [-0.39, 0.29) is 0 Å². The van der Waals surface area contributed by atoms with Gasteiger partial charge >= 0.3 is 0 Å². The number of thiazole rings is 1. The maximum absolute atomic E-state index is 4.34. The molecule has 8 heteroatoms. The molecule has 0 unspecified atom stereocenters. The Balaban J connectivity index is 2.13. The third-order valence-electron chi connectivity index (χ3n) is 2.24. The van der Waals surface area contributed by atoms with Gasteiger partial charge in [-0.15, -0.1) is 11.3 Å². The first kappa shape index (κ1) is 13.5. The molecule has 2 aromatic rings. The van der Waals surface area contributed by atoms with Crippen LogP contribution in [0.2, 0.25) is 0 Å². The Bertz CT molecular complexity index is 512. The second-order valence-electron chi connectivity index (χ2n) is 3.99. The molecule has 0 radical (unpaired) electrons.